The summed E-state index contributed by atoms with van der Waals surface area (Å²) >= 11 is 0. The van der Waals surface area contributed by atoms with Gasteiger partial charge in [-0.1, -0.05) is 24.3 Å². The largest absolute Gasteiger partial charge is 0.322 e. The first-order valence-electron chi connectivity index (χ1n) is 13.4. The molecule has 1 aromatic heterocycles. The van der Waals surface area contributed by atoms with Crippen LogP contribution in [0, 0.1) is 11.6 Å². The second-order valence-electron chi connectivity index (χ2n) is 10.5. The number of benzene rings is 2. The van der Waals surface area contributed by atoms with E-state index in [1.807, 2.05) is 12.1 Å². The average molecular weight is 547 g/mol. The van der Waals surface area contributed by atoms with Crippen molar-refractivity contribution in [3.63, 3.8) is 0 Å². The number of imide groups is 1. The summed E-state index contributed by atoms with van der Waals surface area (Å²) in [4.78, 5) is 48.3. The summed E-state index contributed by atoms with van der Waals surface area (Å²) in [5.41, 5.74) is 3.47. The average Bonchev–Trinajstić information content (AvgIpc) is 3.28. The van der Waals surface area contributed by atoms with Crippen LogP contribution in [0.2, 0.25) is 0 Å². The first kappa shape index (κ1) is 26.0. The number of halogens is 2. The Morgan fingerprint density at radius 2 is 1.77 bits per heavy atom. The number of nitrogens with one attached hydrogen (secondary N) is 2. The van der Waals surface area contributed by atoms with Crippen LogP contribution in [0.3, 0.4) is 0 Å². The Labute approximate surface area is 229 Å². The molecule has 1 unspecified atom stereocenters. The number of fused-ring (bicyclic) bond motifs is 1. The number of piperidine rings is 2. The zero-order valence-corrected chi connectivity index (χ0v) is 21.7. The van der Waals surface area contributed by atoms with Crippen LogP contribution in [0.4, 0.5) is 20.4 Å². The minimum atomic E-state index is -0.624. The third kappa shape index (κ3) is 5.16. The van der Waals surface area contributed by atoms with Gasteiger partial charge in [-0.2, -0.15) is 0 Å². The second kappa shape index (κ2) is 10.7. The van der Waals surface area contributed by atoms with E-state index in [9.17, 15) is 18.8 Å². The van der Waals surface area contributed by atoms with Gasteiger partial charge in [0, 0.05) is 30.6 Å². The summed E-state index contributed by atoms with van der Waals surface area (Å²) in [5, 5.41) is 5.15. The maximum atomic E-state index is 15.2. The molecule has 206 valence electrons. The molecule has 40 heavy (non-hydrogen) atoms. The maximum Gasteiger partial charge on any atom is 0.255 e. The molecule has 3 aliphatic heterocycles. The van der Waals surface area contributed by atoms with Crippen molar-refractivity contribution in [2.24, 2.45) is 0 Å². The summed E-state index contributed by atoms with van der Waals surface area (Å²) < 4.78 is 28.3. The van der Waals surface area contributed by atoms with Gasteiger partial charge in [0.15, 0.2) is 11.6 Å². The molecule has 0 saturated carbocycles. The minimum Gasteiger partial charge on any atom is -0.322 e. The van der Waals surface area contributed by atoms with Crippen molar-refractivity contribution in [2.45, 2.75) is 50.7 Å². The molecule has 0 bridgehead atoms. The van der Waals surface area contributed by atoms with E-state index >= 15 is 4.39 Å². The molecular weight excluding hydrogens is 518 g/mol. The molecule has 2 fully saturated rings. The zero-order valence-electron chi connectivity index (χ0n) is 21.7. The Balaban J connectivity index is 1.07. The van der Waals surface area contributed by atoms with Gasteiger partial charge in [0.1, 0.15) is 6.04 Å². The van der Waals surface area contributed by atoms with Crippen molar-refractivity contribution in [1.29, 1.82) is 0 Å². The standard InChI is InChI=1S/C29H28F2N6O3/c30-21-13-32-29(33-14-21)34-23-3-1-2-19(26(23)31)15-36-10-8-17(9-11-36)18-4-5-22-20(12-18)16-37(28(22)40)24-6-7-25(38)35-27(24)39/h1-5,12-14,17,24H,6-11,15-16H2,(H,32,33,34)(H,35,38,39). The summed E-state index contributed by atoms with van der Waals surface area (Å²) in [5.74, 6) is -1.40. The lowest BCUT2D eigenvalue weighted by molar-refractivity contribution is -0.136. The van der Waals surface area contributed by atoms with Crippen molar-refractivity contribution < 1.29 is 23.2 Å². The highest BCUT2D eigenvalue weighted by atomic mass is 19.1. The normalized spacial score (nSPS) is 20.0. The number of rotatable bonds is 6. The van der Waals surface area contributed by atoms with Gasteiger partial charge < -0.3 is 10.2 Å². The fourth-order valence-corrected chi connectivity index (χ4v) is 5.81. The predicted molar refractivity (Wildman–Crippen MR) is 141 cm³/mol. The molecule has 2 saturated heterocycles. The quantitative estimate of drug-likeness (QED) is 0.455. The van der Waals surface area contributed by atoms with Gasteiger partial charge in [0.2, 0.25) is 17.8 Å². The number of amides is 3. The molecule has 4 heterocycles. The van der Waals surface area contributed by atoms with Crippen molar-refractivity contribution in [2.75, 3.05) is 18.4 Å². The number of hydrogen-bond donors (Lipinski definition) is 2. The van der Waals surface area contributed by atoms with Gasteiger partial charge in [-0.15, -0.1) is 0 Å². The highest BCUT2D eigenvalue weighted by molar-refractivity contribution is 6.05. The Morgan fingerprint density at radius 3 is 2.52 bits per heavy atom. The summed E-state index contributed by atoms with van der Waals surface area (Å²) in [6.07, 6.45) is 4.41. The third-order valence-electron chi connectivity index (χ3n) is 7.95. The van der Waals surface area contributed by atoms with E-state index in [1.54, 1.807) is 23.1 Å². The molecule has 11 heteroatoms. The summed E-state index contributed by atoms with van der Waals surface area (Å²) in [7, 11) is 0. The fraction of sp³-hybridized carbons (Fsp3) is 0.345. The monoisotopic (exact) mass is 546 g/mol. The molecule has 1 atom stereocenters. The first-order valence-corrected chi connectivity index (χ1v) is 13.4. The van der Waals surface area contributed by atoms with E-state index in [0.717, 1.165) is 49.5 Å². The summed E-state index contributed by atoms with van der Waals surface area (Å²) in [6, 6.07) is 10.4. The molecule has 6 rings (SSSR count). The van der Waals surface area contributed by atoms with Crippen molar-refractivity contribution in [1.82, 2.24) is 25.1 Å². The maximum absolute atomic E-state index is 15.2. The van der Waals surface area contributed by atoms with Crippen molar-refractivity contribution >= 4 is 29.4 Å². The van der Waals surface area contributed by atoms with Gasteiger partial charge >= 0.3 is 0 Å². The molecule has 2 aromatic carbocycles. The number of aromatic nitrogens is 2. The number of nitrogens with zero attached hydrogens (tertiary/aromatic N) is 4. The van der Waals surface area contributed by atoms with Crippen LogP contribution in [0.15, 0.2) is 48.8 Å². The Kier molecular flexibility index (Phi) is 6.97. The molecule has 3 amide bonds. The van der Waals surface area contributed by atoms with Crippen LogP contribution in [0.25, 0.3) is 0 Å². The predicted octanol–water partition coefficient (Wildman–Crippen LogP) is 3.64. The molecule has 3 aromatic rings. The van der Waals surface area contributed by atoms with Gasteiger partial charge in [-0.25, -0.2) is 18.7 Å². The van der Waals surface area contributed by atoms with E-state index < -0.39 is 17.8 Å². The van der Waals surface area contributed by atoms with Crippen LogP contribution < -0.4 is 10.6 Å². The van der Waals surface area contributed by atoms with Crippen LogP contribution in [0.5, 0.6) is 0 Å². The highest BCUT2D eigenvalue weighted by Gasteiger charge is 2.39. The highest BCUT2D eigenvalue weighted by Crippen LogP contribution is 2.34. The molecular formula is C29H28F2N6O3. The Morgan fingerprint density at radius 1 is 1.00 bits per heavy atom. The van der Waals surface area contributed by atoms with E-state index in [2.05, 4.69) is 31.6 Å². The minimum absolute atomic E-state index is 0.120. The lowest BCUT2D eigenvalue weighted by Crippen LogP contribution is -2.52. The number of likely N-dealkylation sites (tertiary alicyclic amines) is 1. The number of hydrogen-bond acceptors (Lipinski definition) is 7. The van der Waals surface area contributed by atoms with Crippen LogP contribution in [-0.4, -0.2) is 56.6 Å². The molecule has 0 aliphatic carbocycles. The van der Waals surface area contributed by atoms with Crippen LogP contribution >= 0.6 is 0 Å². The van der Waals surface area contributed by atoms with E-state index in [1.165, 1.54) is 0 Å². The summed E-state index contributed by atoms with van der Waals surface area (Å²) in [6.45, 7) is 2.40. The fourth-order valence-electron chi connectivity index (χ4n) is 5.81. The topological polar surface area (TPSA) is 108 Å². The van der Waals surface area contributed by atoms with Crippen molar-refractivity contribution in [3.05, 3.63) is 82.7 Å². The molecule has 3 aliphatic rings. The SMILES string of the molecule is O=C1CCC(N2Cc3cc(C4CCN(Cc5cccc(Nc6ncc(F)cn6)c5F)CC4)ccc3C2=O)C(=O)N1. The van der Waals surface area contributed by atoms with E-state index in [-0.39, 0.29) is 35.7 Å². The van der Waals surface area contributed by atoms with Crippen LogP contribution in [-0.2, 0) is 22.7 Å². The van der Waals surface area contributed by atoms with Gasteiger partial charge in [0.25, 0.3) is 5.91 Å². The second-order valence-corrected chi connectivity index (χ2v) is 10.5. The van der Waals surface area contributed by atoms with Gasteiger partial charge in [-0.3, -0.25) is 24.6 Å². The Hall–Kier alpha value is -4.25. The molecule has 9 nitrogen and oxygen atoms in total. The van der Waals surface area contributed by atoms with E-state index in [0.29, 0.717) is 36.6 Å². The number of carbonyl (C=O) groups excluding carboxylic acids is 3. The smallest absolute Gasteiger partial charge is 0.255 e. The number of carbonyl (C=O) groups is 3. The lowest BCUT2D eigenvalue weighted by atomic mass is 9.87. The van der Waals surface area contributed by atoms with Gasteiger partial charge in [-0.05, 0) is 61.5 Å². The first-order chi connectivity index (χ1) is 19.4. The molecule has 2 N–H and O–H groups in total. The van der Waals surface area contributed by atoms with E-state index in [4.69, 9.17) is 0 Å². The van der Waals surface area contributed by atoms with Crippen LogP contribution in [0.1, 0.15) is 58.6 Å². The van der Waals surface area contributed by atoms with Gasteiger partial charge in [0.05, 0.1) is 18.1 Å². The van der Waals surface area contributed by atoms with Crippen molar-refractivity contribution in [3.8, 4) is 0 Å². The third-order valence-corrected chi connectivity index (χ3v) is 7.95. The Bertz CT molecular complexity index is 1470. The number of anilines is 2. The lowest BCUT2D eigenvalue weighted by Gasteiger charge is -2.32. The molecule has 0 spiro atoms. The zero-order chi connectivity index (χ0) is 27.8. The molecule has 0 radical (unpaired) electrons.